The van der Waals surface area contributed by atoms with Crippen molar-refractivity contribution in [1.29, 1.82) is 0 Å². The molecule has 118 valence electrons. The second kappa shape index (κ2) is 5.22. The average Bonchev–Trinajstić information content (AvgIpc) is 2.60. The van der Waals surface area contributed by atoms with Crippen LogP contribution >= 0.6 is 0 Å². The first-order valence-corrected chi connectivity index (χ1v) is 7.57. The third-order valence-electron chi connectivity index (χ3n) is 4.68. The van der Waals surface area contributed by atoms with Crippen LogP contribution in [0.4, 0.5) is 0 Å². The molecule has 1 aromatic heterocycles. The monoisotopic (exact) mass is 311 g/mol. The van der Waals surface area contributed by atoms with Gasteiger partial charge in [-0.05, 0) is 29.7 Å². The lowest BCUT2D eigenvalue weighted by molar-refractivity contribution is 0.0627. The van der Waals surface area contributed by atoms with Crippen molar-refractivity contribution in [1.82, 2.24) is 14.9 Å². The van der Waals surface area contributed by atoms with Gasteiger partial charge in [-0.3, -0.25) is 4.79 Å². The Kier molecular flexibility index (Phi) is 3.18. The van der Waals surface area contributed by atoms with E-state index in [0.29, 0.717) is 24.3 Å². The predicted octanol–water partition coefficient (Wildman–Crippen LogP) is 1.79. The molecule has 0 spiro atoms. The number of benzene rings is 1. The number of ether oxygens (including phenoxy) is 2. The molecule has 1 amide bonds. The first-order valence-electron chi connectivity index (χ1n) is 7.57. The van der Waals surface area contributed by atoms with E-state index < -0.39 is 0 Å². The summed E-state index contributed by atoms with van der Waals surface area (Å²) in [6, 6.07) is 4.00. The van der Waals surface area contributed by atoms with E-state index in [4.69, 9.17) is 9.47 Å². The largest absolute Gasteiger partial charge is 0.493 e. The van der Waals surface area contributed by atoms with Gasteiger partial charge in [-0.15, -0.1) is 0 Å². The van der Waals surface area contributed by atoms with Gasteiger partial charge in [0.1, 0.15) is 6.33 Å². The highest BCUT2D eigenvalue weighted by atomic mass is 16.5. The molecule has 6 heteroatoms. The molecule has 0 unspecified atom stereocenters. The molecule has 1 aromatic carbocycles. The maximum atomic E-state index is 12.7. The molecule has 3 heterocycles. The number of carbonyl (C=O) groups excluding carboxylic acids is 1. The van der Waals surface area contributed by atoms with Crippen LogP contribution in [0, 0.1) is 0 Å². The maximum Gasteiger partial charge on any atom is 0.257 e. The summed E-state index contributed by atoms with van der Waals surface area (Å²) in [6.45, 7) is 0.695. The number of nitrogens with zero attached hydrogens (tertiary/aromatic N) is 3. The summed E-state index contributed by atoms with van der Waals surface area (Å²) in [7, 11) is 3.26. The zero-order chi connectivity index (χ0) is 16.0. The van der Waals surface area contributed by atoms with Crippen LogP contribution in [0.3, 0.4) is 0 Å². The SMILES string of the molecule is COc1cc2c(cc1OC)[C@@H]1Cc3ncncc3C(=O)N1CC2. The lowest BCUT2D eigenvalue weighted by Crippen LogP contribution is -2.44. The van der Waals surface area contributed by atoms with E-state index in [1.165, 1.54) is 11.9 Å². The van der Waals surface area contributed by atoms with Gasteiger partial charge in [-0.25, -0.2) is 9.97 Å². The number of hydrogen-bond acceptors (Lipinski definition) is 5. The van der Waals surface area contributed by atoms with Crippen molar-refractivity contribution < 1.29 is 14.3 Å². The molecule has 0 saturated heterocycles. The predicted molar refractivity (Wildman–Crippen MR) is 82.8 cm³/mol. The molecule has 0 saturated carbocycles. The van der Waals surface area contributed by atoms with E-state index in [9.17, 15) is 4.79 Å². The standard InChI is InChI=1S/C17H17N3O3/c1-22-15-5-10-3-4-20-14(11(10)6-16(15)23-2)7-13-12(17(20)21)8-18-9-19-13/h5-6,8-9,14H,3-4,7H2,1-2H3/t14-/m0/s1. The highest BCUT2D eigenvalue weighted by molar-refractivity contribution is 5.96. The Balaban J connectivity index is 1.83. The summed E-state index contributed by atoms with van der Waals surface area (Å²) in [5, 5.41) is 0. The van der Waals surface area contributed by atoms with Gasteiger partial charge in [0.2, 0.25) is 0 Å². The van der Waals surface area contributed by atoms with Gasteiger partial charge in [-0.2, -0.15) is 0 Å². The van der Waals surface area contributed by atoms with E-state index in [1.807, 2.05) is 17.0 Å². The molecule has 0 bridgehead atoms. The summed E-state index contributed by atoms with van der Waals surface area (Å²) < 4.78 is 10.8. The third-order valence-corrected chi connectivity index (χ3v) is 4.68. The summed E-state index contributed by atoms with van der Waals surface area (Å²) in [4.78, 5) is 22.9. The van der Waals surface area contributed by atoms with Crippen LogP contribution in [0.15, 0.2) is 24.7 Å². The minimum Gasteiger partial charge on any atom is -0.493 e. The molecule has 0 radical (unpaired) electrons. The summed E-state index contributed by atoms with van der Waals surface area (Å²) in [5.41, 5.74) is 3.75. The van der Waals surface area contributed by atoms with Gasteiger partial charge in [-0.1, -0.05) is 0 Å². The van der Waals surface area contributed by atoms with Crippen molar-refractivity contribution in [3.05, 3.63) is 47.0 Å². The Hall–Kier alpha value is -2.63. The highest BCUT2D eigenvalue weighted by Gasteiger charge is 2.38. The number of methoxy groups -OCH3 is 2. The van der Waals surface area contributed by atoms with E-state index in [-0.39, 0.29) is 11.9 Å². The van der Waals surface area contributed by atoms with Crippen molar-refractivity contribution in [3.8, 4) is 11.5 Å². The molecule has 0 N–H and O–H groups in total. The summed E-state index contributed by atoms with van der Waals surface area (Å²) in [6.07, 6.45) is 4.62. The number of fused-ring (bicyclic) bond motifs is 4. The number of amides is 1. The molecular formula is C17H17N3O3. The minimum atomic E-state index is -0.00606. The van der Waals surface area contributed by atoms with Crippen molar-refractivity contribution in [2.75, 3.05) is 20.8 Å². The molecule has 0 aliphatic carbocycles. The molecule has 2 aliphatic rings. The molecule has 23 heavy (non-hydrogen) atoms. The van der Waals surface area contributed by atoms with Crippen molar-refractivity contribution in [2.24, 2.45) is 0 Å². The zero-order valence-corrected chi connectivity index (χ0v) is 13.1. The normalized spacial score (nSPS) is 18.8. The Labute approximate surface area is 134 Å². The molecule has 2 aliphatic heterocycles. The minimum absolute atomic E-state index is 0.00606. The second-order valence-corrected chi connectivity index (χ2v) is 5.76. The van der Waals surface area contributed by atoms with Gasteiger partial charge in [0.25, 0.3) is 5.91 Å². The van der Waals surface area contributed by atoms with Crippen molar-refractivity contribution in [2.45, 2.75) is 18.9 Å². The van der Waals surface area contributed by atoms with Gasteiger partial charge < -0.3 is 14.4 Å². The van der Waals surface area contributed by atoms with E-state index in [1.54, 1.807) is 20.4 Å². The lowest BCUT2D eigenvalue weighted by Gasteiger charge is -2.40. The quantitative estimate of drug-likeness (QED) is 0.846. The number of rotatable bonds is 2. The van der Waals surface area contributed by atoms with Gasteiger partial charge in [0.15, 0.2) is 11.5 Å². The molecule has 1 atom stereocenters. The summed E-state index contributed by atoms with van der Waals surface area (Å²) >= 11 is 0. The van der Waals surface area contributed by atoms with E-state index >= 15 is 0 Å². The molecular weight excluding hydrogens is 294 g/mol. The van der Waals surface area contributed by atoms with Gasteiger partial charge >= 0.3 is 0 Å². The first kappa shape index (κ1) is 14.0. The highest BCUT2D eigenvalue weighted by Crippen LogP contribution is 2.41. The summed E-state index contributed by atoms with van der Waals surface area (Å²) in [5.74, 6) is 1.43. The fraction of sp³-hybridized carbons (Fsp3) is 0.353. The maximum absolute atomic E-state index is 12.7. The lowest BCUT2D eigenvalue weighted by atomic mass is 9.85. The molecule has 6 nitrogen and oxygen atoms in total. The van der Waals surface area contributed by atoms with Gasteiger partial charge in [0, 0.05) is 19.2 Å². The Morgan fingerprint density at radius 3 is 2.78 bits per heavy atom. The van der Waals surface area contributed by atoms with E-state index in [0.717, 1.165) is 23.4 Å². The van der Waals surface area contributed by atoms with Crippen LogP contribution in [-0.2, 0) is 12.8 Å². The Morgan fingerprint density at radius 2 is 2.00 bits per heavy atom. The number of hydrogen-bond donors (Lipinski definition) is 0. The first-order chi connectivity index (χ1) is 11.2. The number of carbonyl (C=O) groups is 1. The van der Waals surface area contributed by atoms with Crippen LogP contribution in [0.25, 0.3) is 0 Å². The zero-order valence-electron chi connectivity index (χ0n) is 13.1. The number of aromatic nitrogens is 2. The van der Waals surface area contributed by atoms with Crippen LogP contribution in [-0.4, -0.2) is 41.5 Å². The van der Waals surface area contributed by atoms with Crippen LogP contribution in [0.1, 0.15) is 33.2 Å². The van der Waals surface area contributed by atoms with Crippen molar-refractivity contribution >= 4 is 5.91 Å². The Morgan fingerprint density at radius 1 is 1.22 bits per heavy atom. The van der Waals surface area contributed by atoms with Crippen molar-refractivity contribution in [3.63, 3.8) is 0 Å². The molecule has 4 rings (SSSR count). The smallest absolute Gasteiger partial charge is 0.257 e. The average molecular weight is 311 g/mol. The van der Waals surface area contributed by atoms with E-state index in [2.05, 4.69) is 9.97 Å². The molecule has 0 fully saturated rings. The van der Waals surface area contributed by atoms with Crippen LogP contribution in [0.2, 0.25) is 0 Å². The van der Waals surface area contributed by atoms with Crippen LogP contribution in [0.5, 0.6) is 11.5 Å². The fourth-order valence-corrected chi connectivity index (χ4v) is 3.53. The topological polar surface area (TPSA) is 64.5 Å². The van der Waals surface area contributed by atoms with Gasteiger partial charge in [0.05, 0.1) is 31.5 Å². The Bertz CT molecular complexity index is 791. The fourth-order valence-electron chi connectivity index (χ4n) is 3.53. The van der Waals surface area contributed by atoms with Crippen LogP contribution < -0.4 is 9.47 Å². The third kappa shape index (κ3) is 2.05. The second-order valence-electron chi connectivity index (χ2n) is 5.76. The molecule has 2 aromatic rings.